The van der Waals surface area contributed by atoms with E-state index in [-0.39, 0.29) is 11.3 Å². The van der Waals surface area contributed by atoms with Crippen LogP contribution >= 0.6 is 0 Å². The molecule has 17 heavy (non-hydrogen) atoms. The van der Waals surface area contributed by atoms with Crippen LogP contribution in [0.5, 0.6) is 11.5 Å². The molecule has 4 heteroatoms. The number of methoxy groups -OCH3 is 2. The highest BCUT2D eigenvalue weighted by atomic mass is 16.5. The number of phenolic OH excluding ortho intramolecular Hbond substituents is 1. The van der Waals surface area contributed by atoms with Crippen molar-refractivity contribution in [3.8, 4) is 11.5 Å². The van der Waals surface area contributed by atoms with Gasteiger partial charge in [0.1, 0.15) is 17.1 Å². The standard InChI is InChI=1S/C13H12O4/c1-16-11-7-10(13(15)17-2)12(14)9-6-4-3-5-8(9)11/h3-7,14H,1-2H3. The van der Waals surface area contributed by atoms with Gasteiger partial charge in [0.2, 0.25) is 0 Å². The van der Waals surface area contributed by atoms with Crippen molar-refractivity contribution in [3.05, 3.63) is 35.9 Å². The van der Waals surface area contributed by atoms with Crippen LogP contribution in [0.25, 0.3) is 10.8 Å². The maximum absolute atomic E-state index is 11.5. The molecule has 0 radical (unpaired) electrons. The van der Waals surface area contributed by atoms with E-state index in [0.717, 1.165) is 5.39 Å². The zero-order valence-corrected chi connectivity index (χ0v) is 9.56. The van der Waals surface area contributed by atoms with E-state index < -0.39 is 5.97 Å². The second kappa shape index (κ2) is 4.33. The number of aromatic hydroxyl groups is 1. The summed E-state index contributed by atoms with van der Waals surface area (Å²) in [5.74, 6) is -0.154. The summed E-state index contributed by atoms with van der Waals surface area (Å²) >= 11 is 0. The number of hydrogen-bond acceptors (Lipinski definition) is 4. The third kappa shape index (κ3) is 1.78. The van der Waals surface area contributed by atoms with Crippen LogP contribution in [0.15, 0.2) is 30.3 Å². The summed E-state index contributed by atoms with van der Waals surface area (Å²) < 4.78 is 9.81. The van der Waals surface area contributed by atoms with Gasteiger partial charge in [0, 0.05) is 10.8 Å². The van der Waals surface area contributed by atoms with Crippen LogP contribution in [-0.4, -0.2) is 25.3 Å². The molecular weight excluding hydrogens is 220 g/mol. The molecule has 2 rings (SSSR count). The number of fused-ring (bicyclic) bond motifs is 1. The van der Waals surface area contributed by atoms with Crippen molar-refractivity contribution in [1.29, 1.82) is 0 Å². The smallest absolute Gasteiger partial charge is 0.341 e. The van der Waals surface area contributed by atoms with Gasteiger partial charge in [0.05, 0.1) is 14.2 Å². The Morgan fingerprint density at radius 3 is 2.41 bits per heavy atom. The van der Waals surface area contributed by atoms with Gasteiger partial charge in [0.15, 0.2) is 0 Å². The molecular formula is C13H12O4. The molecule has 0 aliphatic heterocycles. The van der Waals surface area contributed by atoms with E-state index in [4.69, 9.17) is 4.74 Å². The first-order chi connectivity index (χ1) is 8.19. The Bertz CT molecular complexity index is 575. The van der Waals surface area contributed by atoms with Gasteiger partial charge in [-0.05, 0) is 6.07 Å². The minimum atomic E-state index is -0.591. The van der Waals surface area contributed by atoms with Crippen LogP contribution < -0.4 is 4.74 Å². The minimum Gasteiger partial charge on any atom is -0.506 e. The fourth-order valence-electron chi connectivity index (χ4n) is 1.76. The van der Waals surface area contributed by atoms with Gasteiger partial charge in [0.25, 0.3) is 0 Å². The first-order valence-electron chi connectivity index (χ1n) is 5.06. The molecule has 0 saturated heterocycles. The van der Waals surface area contributed by atoms with Crippen LogP contribution in [0.2, 0.25) is 0 Å². The molecule has 1 N–H and O–H groups in total. The molecule has 0 amide bonds. The third-order valence-corrected chi connectivity index (χ3v) is 2.60. The van der Waals surface area contributed by atoms with Crippen molar-refractivity contribution in [2.75, 3.05) is 14.2 Å². The van der Waals surface area contributed by atoms with Crippen LogP contribution in [-0.2, 0) is 4.74 Å². The predicted molar refractivity (Wildman–Crippen MR) is 63.5 cm³/mol. The maximum atomic E-state index is 11.5. The van der Waals surface area contributed by atoms with Crippen molar-refractivity contribution in [1.82, 2.24) is 0 Å². The number of hydrogen-bond donors (Lipinski definition) is 1. The molecule has 88 valence electrons. The number of benzene rings is 2. The lowest BCUT2D eigenvalue weighted by Crippen LogP contribution is -2.02. The van der Waals surface area contributed by atoms with Crippen molar-refractivity contribution >= 4 is 16.7 Å². The van der Waals surface area contributed by atoms with Gasteiger partial charge in [-0.2, -0.15) is 0 Å². The average Bonchev–Trinajstić information content (AvgIpc) is 2.39. The number of carbonyl (C=O) groups excluding carboxylic acids is 1. The van der Waals surface area contributed by atoms with Gasteiger partial charge < -0.3 is 14.6 Å². The Kier molecular flexibility index (Phi) is 2.87. The van der Waals surface area contributed by atoms with Gasteiger partial charge in [-0.15, -0.1) is 0 Å². The average molecular weight is 232 g/mol. The van der Waals surface area contributed by atoms with E-state index in [1.165, 1.54) is 20.3 Å². The Morgan fingerprint density at radius 1 is 1.18 bits per heavy atom. The summed E-state index contributed by atoms with van der Waals surface area (Å²) in [6.45, 7) is 0. The van der Waals surface area contributed by atoms with E-state index in [1.807, 2.05) is 12.1 Å². The summed E-state index contributed by atoms with van der Waals surface area (Å²) in [5.41, 5.74) is 0.100. The molecule has 0 atom stereocenters. The monoisotopic (exact) mass is 232 g/mol. The van der Waals surface area contributed by atoms with Gasteiger partial charge in [-0.3, -0.25) is 0 Å². The molecule has 0 unspecified atom stereocenters. The third-order valence-electron chi connectivity index (χ3n) is 2.60. The molecule has 2 aromatic carbocycles. The van der Waals surface area contributed by atoms with E-state index >= 15 is 0 Å². The van der Waals surface area contributed by atoms with Crippen LogP contribution in [0, 0.1) is 0 Å². The van der Waals surface area contributed by atoms with Crippen LogP contribution in [0.3, 0.4) is 0 Å². The summed E-state index contributed by atoms with van der Waals surface area (Å²) in [7, 11) is 2.78. The van der Waals surface area contributed by atoms with Gasteiger partial charge in [-0.1, -0.05) is 24.3 Å². The van der Waals surface area contributed by atoms with E-state index in [0.29, 0.717) is 11.1 Å². The molecule has 0 heterocycles. The largest absolute Gasteiger partial charge is 0.506 e. The van der Waals surface area contributed by atoms with Crippen molar-refractivity contribution in [2.24, 2.45) is 0 Å². The number of carbonyl (C=O) groups is 1. The minimum absolute atomic E-state index is 0.0896. The second-order valence-corrected chi connectivity index (χ2v) is 3.51. The van der Waals surface area contributed by atoms with Gasteiger partial charge >= 0.3 is 5.97 Å². The molecule has 0 saturated carbocycles. The van der Waals surface area contributed by atoms with Crippen molar-refractivity contribution in [2.45, 2.75) is 0 Å². The van der Waals surface area contributed by atoms with Crippen LogP contribution in [0.4, 0.5) is 0 Å². The number of esters is 1. The Hall–Kier alpha value is -2.23. The molecule has 4 nitrogen and oxygen atoms in total. The molecule has 0 aliphatic rings. The van der Waals surface area contributed by atoms with Crippen LogP contribution in [0.1, 0.15) is 10.4 Å². The molecule has 0 aromatic heterocycles. The number of phenols is 1. The quantitative estimate of drug-likeness (QED) is 0.807. The predicted octanol–water partition coefficient (Wildman–Crippen LogP) is 2.34. The lowest BCUT2D eigenvalue weighted by Gasteiger charge is -2.10. The van der Waals surface area contributed by atoms with Crippen molar-refractivity contribution < 1.29 is 19.4 Å². The summed E-state index contributed by atoms with van der Waals surface area (Å²) in [6, 6.07) is 8.63. The second-order valence-electron chi connectivity index (χ2n) is 3.51. The molecule has 0 spiro atoms. The highest BCUT2D eigenvalue weighted by Crippen LogP contribution is 2.35. The zero-order valence-electron chi connectivity index (χ0n) is 9.56. The normalized spacial score (nSPS) is 10.2. The van der Waals surface area contributed by atoms with Crippen molar-refractivity contribution in [3.63, 3.8) is 0 Å². The van der Waals surface area contributed by atoms with E-state index in [9.17, 15) is 9.90 Å². The lowest BCUT2D eigenvalue weighted by molar-refractivity contribution is 0.0597. The first-order valence-corrected chi connectivity index (χ1v) is 5.06. The summed E-state index contributed by atoms with van der Waals surface area (Å²) in [6.07, 6.45) is 0. The highest BCUT2D eigenvalue weighted by molar-refractivity contribution is 6.03. The fraction of sp³-hybridized carbons (Fsp3) is 0.154. The lowest BCUT2D eigenvalue weighted by atomic mass is 10.0. The SMILES string of the molecule is COC(=O)c1cc(OC)c2ccccc2c1O. The first kappa shape index (κ1) is 11.3. The van der Waals surface area contributed by atoms with Gasteiger partial charge in [-0.25, -0.2) is 4.79 Å². The molecule has 0 fully saturated rings. The topological polar surface area (TPSA) is 55.8 Å². The Balaban J connectivity index is 2.80. The van der Waals surface area contributed by atoms with E-state index in [1.54, 1.807) is 12.1 Å². The fourth-order valence-corrected chi connectivity index (χ4v) is 1.76. The molecule has 0 aliphatic carbocycles. The molecule has 2 aromatic rings. The summed E-state index contributed by atoms with van der Waals surface area (Å²) in [4.78, 5) is 11.5. The zero-order chi connectivity index (χ0) is 12.4. The number of ether oxygens (including phenoxy) is 2. The molecule has 0 bridgehead atoms. The number of rotatable bonds is 2. The summed E-state index contributed by atoms with van der Waals surface area (Å²) in [5, 5.41) is 11.3. The maximum Gasteiger partial charge on any atom is 0.341 e. The van der Waals surface area contributed by atoms with E-state index in [2.05, 4.69) is 4.74 Å². The Morgan fingerprint density at radius 2 is 1.82 bits per heavy atom. The Labute approximate surface area is 98.4 Å². The highest BCUT2D eigenvalue weighted by Gasteiger charge is 2.17.